The summed E-state index contributed by atoms with van der Waals surface area (Å²) in [4.78, 5) is 2.74. The first kappa shape index (κ1) is 42.9. The molecule has 5 heteroatoms. The zero-order valence-electron chi connectivity index (χ0n) is 11.7. The zero-order chi connectivity index (χ0) is 9.07. The maximum absolute atomic E-state index is 2.99. The maximum Gasteiger partial charge on any atom is -0.108 e. The Kier molecular flexibility index (Phi) is 103. The number of halogens is 2. The summed E-state index contributed by atoms with van der Waals surface area (Å²) in [5.41, 5.74) is 0. The van der Waals surface area contributed by atoms with Crippen molar-refractivity contribution in [1.29, 1.82) is 0 Å². The molecule has 0 saturated carbocycles. The van der Waals surface area contributed by atoms with Gasteiger partial charge in [0, 0.05) is 0 Å². The molecule has 0 fully saturated rings. The van der Waals surface area contributed by atoms with Crippen LogP contribution < -0.4 is 0 Å². The number of aromatic amines is 1. The Morgan fingerprint density at radius 3 is 1.72 bits per heavy atom. The van der Waals surface area contributed by atoms with Crippen molar-refractivity contribution in [3.05, 3.63) is 78.5 Å². The molecule has 0 bridgehead atoms. The van der Waals surface area contributed by atoms with E-state index in [0.717, 1.165) is 6.42 Å². The van der Waals surface area contributed by atoms with Gasteiger partial charge in [0.1, 0.15) is 0 Å². The van der Waals surface area contributed by atoms with Crippen molar-refractivity contribution < 1.29 is 19.2 Å². The molecule has 1 aliphatic rings. The predicted octanol–water partition coefficient (Wildman–Crippen LogP) is 3.85. The third-order valence-electron chi connectivity index (χ3n) is 1.03. The quantitative estimate of drug-likeness (QED) is 0.545. The van der Waals surface area contributed by atoms with E-state index in [1.54, 1.807) is 0 Å². The number of H-pyrrole nitrogens is 1. The second kappa shape index (κ2) is 43.3. The van der Waals surface area contributed by atoms with Crippen LogP contribution >= 0.6 is 24.8 Å². The summed E-state index contributed by atoms with van der Waals surface area (Å²) in [7, 11) is 1.86. The molecule has 0 spiro atoms. The Hall–Kier alpha value is 0.271. The van der Waals surface area contributed by atoms with Crippen LogP contribution in [0.2, 0.25) is 0 Å². The molecule has 1 aromatic rings. The molecular formula is C13H25Cl2NSiTi-6. The molecular weight excluding hydrogens is 317 g/mol. The average Bonchev–Trinajstić information content (AvgIpc) is 2.87. The van der Waals surface area contributed by atoms with Gasteiger partial charge in [-0.25, -0.2) is 12.2 Å². The summed E-state index contributed by atoms with van der Waals surface area (Å²) in [6, 6.07) is 3.71. The number of aromatic nitrogens is 1. The molecule has 110 valence electrons. The smallest absolute Gasteiger partial charge is 0.108 e. The van der Waals surface area contributed by atoms with Gasteiger partial charge in [-0.1, -0.05) is 0 Å². The monoisotopic (exact) mass is 341 g/mol. The van der Waals surface area contributed by atoms with Crippen LogP contribution in [0.4, 0.5) is 0 Å². The molecule has 1 heterocycles. The Morgan fingerprint density at radius 1 is 1.06 bits per heavy atom. The summed E-state index contributed by atoms with van der Waals surface area (Å²) in [5, 5.41) is 0. The van der Waals surface area contributed by atoms with E-state index in [4.69, 9.17) is 0 Å². The Morgan fingerprint density at radius 2 is 1.61 bits per heavy atom. The van der Waals surface area contributed by atoms with Crippen LogP contribution in [-0.4, -0.2) is 12.6 Å². The van der Waals surface area contributed by atoms with Gasteiger partial charge in [-0.2, -0.15) is 24.4 Å². The number of hydrogen-bond donors (Lipinski definition) is 1. The fourth-order valence-corrected chi connectivity index (χ4v) is 0.581. The maximum atomic E-state index is 2.99. The van der Waals surface area contributed by atoms with Gasteiger partial charge in [-0.15, -0.1) is 37.4 Å². The Bertz CT molecular complexity index is 200. The van der Waals surface area contributed by atoms with Crippen molar-refractivity contribution in [3.63, 3.8) is 0 Å². The van der Waals surface area contributed by atoms with Crippen LogP contribution in [0.15, 0.2) is 36.6 Å². The number of rotatable bonds is 0. The molecule has 0 atom stereocenters. The van der Waals surface area contributed by atoms with Gasteiger partial charge in [-0.3, -0.25) is 6.08 Å². The van der Waals surface area contributed by atoms with Crippen LogP contribution in [0, 0.1) is 42.0 Å². The Balaban J connectivity index is -0.0000000183. The third kappa shape index (κ3) is 36.0. The molecule has 1 aliphatic carbocycles. The van der Waals surface area contributed by atoms with Gasteiger partial charge in [0.25, 0.3) is 0 Å². The second-order valence-corrected chi connectivity index (χ2v) is 1.82. The van der Waals surface area contributed by atoms with Gasteiger partial charge in [0.2, 0.25) is 0 Å². The normalized spacial score (nSPS) is 7.28. The molecule has 18 heavy (non-hydrogen) atoms. The zero-order valence-corrected chi connectivity index (χ0v) is 16.3. The van der Waals surface area contributed by atoms with Crippen molar-refractivity contribution >= 4 is 32.4 Å². The minimum Gasteiger partial charge on any atom is -0.484 e. The van der Waals surface area contributed by atoms with Crippen molar-refractivity contribution in [2.75, 3.05) is 0 Å². The van der Waals surface area contributed by atoms with Crippen molar-refractivity contribution in [3.8, 4) is 0 Å². The van der Waals surface area contributed by atoms with Gasteiger partial charge < -0.3 is 34.7 Å². The summed E-state index contributed by atoms with van der Waals surface area (Å²) >= 11 is 2.03. The summed E-state index contributed by atoms with van der Waals surface area (Å²) in [6.07, 6.45) is 14.6. The second-order valence-electron chi connectivity index (χ2n) is 1.82. The Labute approximate surface area is 141 Å². The van der Waals surface area contributed by atoms with Crippen molar-refractivity contribution in [2.45, 2.75) is 6.42 Å². The van der Waals surface area contributed by atoms with E-state index >= 15 is 0 Å². The van der Waals surface area contributed by atoms with E-state index in [-0.39, 0.29) is 54.5 Å². The van der Waals surface area contributed by atoms with E-state index in [1.165, 1.54) is 0 Å². The largest absolute Gasteiger partial charge is 0.484 e. The molecule has 2 rings (SSSR count). The first-order valence-electron chi connectivity index (χ1n) is 3.56. The van der Waals surface area contributed by atoms with E-state index in [9.17, 15) is 0 Å². The number of nitrogens with one attached hydrogen (secondary N) is 1. The average molecular weight is 342 g/mol. The summed E-state index contributed by atoms with van der Waals surface area (Å²) in [6.45, 7) is 0. The standard InChI is InChI=1S/C5H5.C4H4N.4CH3.2ClH.H2Si.Ti/c2*1-2-4-5-3-1;;;;;;;;/h1-3H,4H2;1-3,5H;4*1H3;2*1H;1H2;/q6*-1;;;;. The van der Waals surface area contributed by atoms with Gasteiger partial charge >= 0.3 is 26.8 Å². The SMILES string of the molecule is Cl.Cl.[C-]1=CC=CC1.[CH3-].[CH3-].[CH3-].[CH3-].[SiH2]=[Ti].[c-]1ccc[nH]1. The molecule has 0 aromatic carbocycles. The number of hydrogen-bond acceptors (Lipinski definition) is 0. The van der Waals surface area contributed by atoms with Crippen LogP contribution in [0.25, 0.3) is 0 Å². The van der Waals surface area contributed by atoms with E-state index in [1.807, 2.05) is 57.3 Å². The van der Waals surface area contributed by atoms with Crippen molar-refractivity contribution in [2.24, 2.45) is 0 Å². The van der Waals surface area contributed by atoms with E-state index in [2.05, 4.69) is 23.3 Å². The molecule has 0 amide bonds. The molecule has 1 N–H and O–H groups in total. The number of allylic oxidation sites excluding steroid dienone is 4. The van der Waals surface area contributed by atoms with Crippen LogP contribution in [0.3, 0.4) is 0 Å². The topological polar surface area (TPSA) is 15.8 Å². The summed E-state index contributed by atoms with van der Waals surface area (Å²) in [5.74, 6) is 0. The van der Waals surface area contributed by atoms with Crippen LogP contribution in [0.5, 0.6) is 0 Å². The molecule has 1 nitrogen and oxygen atoms in total. The fourth-order valence-electron chi connectivity index (χ4n) is 0.581. The van der Waals surface area contributed by atoms with Gasteiger partial charge in [0.05, 0.1) is 0 Å². The first-order chi connectivity index (χ1) is 6.00. The molecule has 1 aromatic heterocycles. The van der Waals surface area contributed by atoms with Crippen LogP contribution in [-0.2, 0) is 19.2 Å². The fraction of sp³-hybridized carbons (Fsp3) is 0.0769. The van der Waals surface area contributed by atoms with Gasteiger partial charge in [0.15, 0.2) is 0 Å². The minimum atomic E-state index is 0. The molecule has 0 saturated heterocycles. The molecule has 0 radical (unpaired) electrons. The minimum absolute atomic E-state index is 0. The predicted molar refractivity (Wildman–Crippen MR) is 89.9 cm³/mol. The summed E-state index contributed by atoms with van der Waals surface area (Å²) < 4.78 is 0. The van der Waals surface area contributed by atoms with Crippen LogP contribution in [0.1, 0.15) is 6.42 Å². The molecule has 0 unspecified atom stereocenters. The van der Waals surface area contributed by atoms with E-state index < -0.39 is 0 Å². The van der Waals surface area contributed by atoms with Crippen molar-refractivity contribution in [1.82, 2.24) is 4.98 Å². The molecule has 0 aliphatic heterocycles. The van der Waals surface area contributed by atoms with Gasteiger partial charge in [-0.05, 0) is 0 Å². The first-order valence-corrected chi connectivity index (χ1v) is 7.58. The van der Waals surface area contributed by atoms with E-state index in [0.29, 0.717) is 0 Å². The third-order valence-corrected chi connectivity index (χ3v) is 1.03.